The molecule has 0 fully saturated rings. The van der Waals surface area contributed by atoms with Crippen LogP contribution in [0.25, 0.3) is 0 Å². The number of amides is 1. The Balaban J connectivity index is 1.88. The monoisotopic (exact) mass is 411 g/mol. The predicted molar refractivity (Wildman–Crippen MR) is 104 cm³/mol. The molecule has 0 aromatic carbocycles. The van der Waals surface area contributed by atoms with Gasteiger partial charge in [0.25, 0.3) is 5.91 Å². The second-order valence-electron chi connectivity index (χ2n) is 5.70. The summed E-state index contributed by atoms with van der Waals surface area (Å²) in [6.45, 7) is 2.06. The molecular formula is C17H18ClN3O3S2. The van der Waals surface area contributed by atoms with Gasteiger partial charge in [0, 0.05) is 10.6 Å². The van der Waals surface area contributed by atoms with Gasteiger partial charge in [-0.2, -0.15) is 0 Å². The van der Waals surface area contributed by atoms with Gasteiger partial charge in [-0.05, 0) is 31.2 Å². The Kier molecular flexibility index (Phi) is 6.16. The van der Waals surface area contributed by atoms with Gasteiger partial charge in [0.1, 0.15) is 5.00 Å². The van der Waals surface area contributed by atoms with Crippen LogP contribution in [0, 0.1) is 0 Å². The first-order valence-corrected chi connectivity index (χ1v) is 10.4. The van der Waals surface area contributed by atoms with Crippen LogP contribution >= 0.6 is 34.7 Å². The van der Waals surface area contributed by atoms with Crippen LogP contribution < -0.4 is 5.32 Å². The van der Waals surface area contributed by atoms with Gasteiger partial charge in [-0.1, -0.05) is 30.3 Å². The van der Waals surface area contributed by atoms with Crippen molar-refractivity contribution in [3.05, 3.63) is 32.9 Å². The van der Waals surface area contributed by atoms with Crippen molar-refractivity contribution in [3.8, 4) is 0 Å². The smallest absolute Gasteiger partial charge is 0.341 e. The van der Waals surface area contributed by atoms with Gasteiger partial charge in [0.2, 0.25) is 0 Å². The zero-order chi connectivity index (χ0) is 18.7. The maximum absolute atomic E-state index is 12.7. The summed E-state index contributed by atoms with van der Waals surface area (Å²) in [6.07, 6.45) is 5.14. The minimum atomic E-state index is -0.458. The molecule has 1 amide bonds. The summed E-state index contributed by atoms with van der Waals surface area (Å²) < 4.78 is 4.90. The lowest BCUT2D eigenvalue weighted by Gasteiger charge is -2.08. The Hall–Kier alpha value is -1.64. The lowest BCUT2D eigenvalue weighted by molar-refractivity contribution is 0.0601. The number of carbonyl (C=O) groups excluding carboxylic acids is 2. The highest BCUT2D eigenvalue weighted by molar-refractivity contribution is 7.99. The van der Waals surface area contributed by atoms with Crippen molar-refractivity contribution in [2.24, 2.45) is 0 Å². The molecule has 9 heteroatoms. The van der Waals surface area contributed by atoms with Gasteiger partial charge in [-0.25, -0.2) is 14.8 Å². The van der Waals surface area contributed by atoms with E-state index in [1.165, 1.54) is 36.4 Å². The molecule has 0 bridgehead atoms. The van der Waals surface area contributed by atoms with Crippen LogP contribution in [0.2, 0.25) is 5.02 Å². The van der Waals surface area contributed by atoms with Crippen LogP contribution in [0.4, 0.5) is 5.00 Å². The Bertz CT molecular complexity index is 854. The zero-order valence-corrected chi connectivity index (χ0v) is 16.8. The number of carbonyl (C=O) groups is 2. The number of fused-ring (bicyclic) bond motifs is 1. The van der Waals surface area contributed by atoms with E-state index in [2.05, 4.69) is 22.2 Å². The number of esters is 1. The molecule has 3 rings (SSSR count). The van der Waals surface area contributed by atoms with Crippen molar-refractivity contribution < 1.29 is 14.3 Å². The largest absolute Gasteiger partial charge is 0.465 e. The van der Waals surface area contributed by atoms with E-state index < -0.39 is 11.9 Å². The molecule has 0 unspecified atom stereocenters. The molecule has 0 saturated heterocycles. The van der Waals surface area contributed by atoms with Gasteiger partial charge in [-0.3, -0.25) is 4.79 Å². The molecule has 0 atom stereocenters. The Labute approximate surface area is 164 Å². The summed E-state index contributed by atoms with van der Waals surface area (Å²) >= 11 is 8.99. The summed E-state index contributed by atoms with van der Waals surface area (Å²) in [5, 5.41) is 3.96. The van der Waals surface area contributed by atoms with Gasteiger partial charge in [-0.15, -0.1) is 11.3 Å². The number of rotatable bonds is 6. The number of halogens is 1. The quantitative estimate of drug-likeness (QED) is 0.435. The van der Waals surface area contributed by atoms with E-state index in [9.17, 15) is 9.59 Å². The zero-order valence-electron chi connectivity index (χ0n) is 14.4. The number of thiophene rings is 1. The van der Waals surface area contributed by atoms with Crippen LogP contribution in [0.3, 0.4) is 0 Å². The first kappa shape index (κ1) is 19.1. The second-order valence-corrected chi connectivity index (χ2v) is 8.28. The molecule has 1 aliphatic rings. The molecule has 0 aliphatic heterocycles. The highest BCUT2D eigenvalue weighted by Crippen LogP contribution is 2.39. The Morgan fingerprint density at radius 2 is 2.23 bits per heavy atom. The van der Waals surface area contributed by atoms with Gasteiger partial charge < -0.3 is 10.1 Å². The first-order chi connectivity index (χ1) is 12.5. The molecule has 0 spiro atoms. The maximum atomic E-state index is 12.7. The fraction of sp³-hybridized carbons (Fsp3) is 0.412. The SMILES string of the molecule is CCCSc1ncc(Cl)c(C(=O)Nc2sc3c(c2C(=O)OC)CCC3)n1. The topological polar surface area (TPSA) is 81.2 Å². The molecule has 6 nitrogen and oxygen atoms in total. The maximum Gasteiger partial charge on any atom is 0.341 e. The molecular weight excluding hydrogens is 394 g/mol. The fourth-order valence-corrected chi connectivity index (χ4v) is 4.86. The fourth-order valence-electron chi connectivity index (χ4n) is 2.75. The summed E-state index contributed by atoms with van der Waals surface area (Å²) in [7, 11) is 1.34. The first-order valence-electron chi connectivity index (χ1n) is 8.24. The molecule has 0 saturated carbocycles. The Morgan fingerprint density at radius 1 is 1.42 bits per heavy atom. The Morgan fingerprint density at radius 3 is 2.96 bits per heavy atom. The van der Waals surface area contributed by atoms with E-state index in [4.69, 9.17) is 16.3 Å². The summed E-state index contributed by atoms with van der Waals surface area (Å²) in [5.41, 5.74) is 1.53. The summed E-state index contributed by atoms with van der Waals surface area (Å²) in [6, 6.07) is 0. The average Bonchev–Trinajstić information content (AvgIpc) is 3.21. The number of anilines is 1. The van der Waals surface area contributed by atoms with E-state index in [0.717, 1.165) is 41.9 Å². The minimum Gasteiger partial charge on any atom is -0.465 e. The van der Waals surface area contributed by atoms with Crippen molar-refractivity contribution in [1.82, 2.24) is 9.97 Å². The van der Waals surface area contributed by atoms with Crippen molar-refractivity contribution in [1.29, 1.82) is 0 Å². The van der Waals surface area contributed by atoms with E-state index in [-0.39, 0.29) is 10.7 Å². The third-order valence-electron chi connectivity index (χ3n) is 3.91. The highest BCUT2D eigenvalue weighted by Gasteiger charge is 2.28. The molecule has 2 heterocycles. The van der Waals surface area contributed by atoms with Crippen molar-refractivity contribution >= 4 is 51.6 Å². The molecule has 0 radical (unpaired) electrons. The molecule has 2 aromatic rings. The number of nitrogens with zero attached hydrogens (tertiary/aromatic N) is 2. The van der Waals surface area contributed by atoms with Crippen LogP contribution in [-0.4, -0.2) is 34.7 Å². The van der Waals surface area contributed by atoms with E-state index in [0.29, 0.717) is 15.7 Å². The van der Waals surface area contributed by atoms with Crippen molar-refractivity contribution in [2.75, 3.05) is 18.2 Å². The van der Waals surface area contributed by atoms with Crippen molar-refractivity contribution in [2.45, 2.75) is 37.8 Å². The number of hydrogen-bond acceptors (Lipinski definition) is 7. The number of aryl methyl sites for hydroxylation is 1. The number of aromatic nitrogens is 2. The minimum absolute atomic E-state index is 0.102. The lowest BCUT2D eigenvalue weighted by Crippen LogP contribution is -2.17. The van der Waals surface area contributed by atoms with Gasteiger partial charge in [0.05, 0.1) is 23.9 Å². The number of nitrogens with one attached hydrogen (secondary N) is 1. The number of thioether (sulfide) groups is 1. The standard InChI is InChI=1S/C17H18ClN3O3S2/c1-3-7-25-17-19-8-10(18)13(20-17)14(22)21-15-12(16(23)24-2)9-5-4-6-11(9)26-15/h8H,3-7H2,1-2H3,(H,21,22). The molecule has 1 N–H and O–H groups in total. The van der Waals surface area contributed by atoms with E-state index >= 15 is 0 Å². The van der Waals surface area contributed by atoms with Crippen LogP contribution in [-0.2, 0) is 17.6 Å². The van der Waals surface area contributed by atoms with Crippen molar-refractivity contribution in [3.63, 3.8) is 0 Å². The highest BCUT2D eigenvalue weighted by atomic mass is 35.5. The normalized spacial score (nSPS) is 12.7. The molecule has 1 aliphatic carbocycles. The molecule has 26 heavy (non-hydrogen) atoms. The predicted octanol–water partition coefficient (Wildman–Crippen LogP) is 4.22. The third-order valence-corrected chi connectivity index (χ3v) is 6.46. The number of ether oxygens (including phenoxy) is 1. The summed E-state index contributed by atoms with van der Waals surface area (Å²) in [5.74, 6) is -0.0409. The van der Waals surface area contributed by atoms with E-state index in [1.54, 1.807) is 0 Å². The molecule has 138 valence electrons. The molecule has 2 aromatic heterocycles. The number of methoxy groups -OCH3 is 1. The number of hydrogen-bond donors (Lipinski definition) is 1. The van der Waals surface area contributed by atoms with Gasteiger partial charge >= 0.3 is 5.97 Å². The van der Waals surface area contributed by atoms with Crippen LogP contribution in [0.15, 0.2) is 11.4 Å². The summed E-state index contributed by atoms with van der Waals surface area (Å²) in [4.78, 5) is 34.4. The third kappa shape index (κ3) is 3.87. The van der Waals surface area contributed by atoms with Gasteiger partial charge in [0.15, 0.2) is 10.9 Å². The lowest BCUT2D eigenvalue weighted by atomic mass is 10.1. The average molecular weight is 412 g/mol. The second kappa shape index (κ2) is 8.37. The van der Waals surface area contributed by atoms with E-state index in [1.807, 2.05) is 0 Å². The van der Waals surface area contributed by atoms with Crippen LogP contribution in [0.5, 0.6) is 0 Å². The van der Waals surface area contributed by atoms with Crippen LogP contribution in [0.1, 0.15) is 51.1 Å².